The lowest BCUT2D eigenvalue weighted by Crippen LogP contribution is -2.01. The molecular weight excluding hydrogens is 192 g/mol. The van der Waals surface area contributed by atoms with Crippen LogP contribution in [0.15, 0.2) is 17.0 Å². The number of imidazole rings is 1. The molecule has 0 radical (unpaired) electrons. The quantitative estimate of drug-likeness (QED) is 0.789. The van der Waals surface area contributed by atoms with Crippen LogP contribution in [-0.4, -0.2) is 21.7 Å². The van der Waals surface area contributed by atoms with Gasteiger partial charge in [-0.1, -0.05) is 5.16 Å². The monoisotopic (exact) mass is 206 g/mol. The van der Waals surface area contributed by atoms with Gasteiger partial charge < -0.3 is 15.2 Å². The number of aromatic nitrogens is 3. The third kappa shape index (κ3) is 2.07. The fourth-order valence-electron chi connectivity index (χ4n) is 1.45. The molecule has 0 saturated carbocycles. The highest BCUT2D eigenvalue weighted by atomic mass is 16.5. The molecule has 0 aliphatic carbocycles. The molecule has 0 unspecified atom stereocenters. The van der Waals surface area contributed by atoms with Crippen molar-refractivity contribution in [1.29, 1.82) is 0 Å². The number of nitrogens with zero attached hydrogens (tertiary/aromatic N) is 2. The van der Waals surface area contributed by atoms with Gasteiger partial charge in [-0.3, -0.25) is 0 Å². The number of hydrogen-bond donors (Lipinski definition) is 2. The fourth-order valence-corrected chi connectivity index (χ4v) is 1.45. The fraction of sp³-hybridized carbons (Fsp3) is 0.400. The predicted molar refractivity (Wildman–Crippen MR) is 56.2 cm³/mol. The summed E-state index contributed by atoms with van der Waals surface area (Å²) in [6, 6.07) is 0. The van der Waals surface area contributed by atoms with Gasteiger partial charge in [-0.25, -0.2) is 4.98 Å². The van der Waals surface area contributed by atoms with E-state index in [1.807, 2.05) is 6.92 Å². The van der Waals surface area contributed by atoms with Crippen molar-refractivity contribution in [3.05, 3.63) is 24.0 Å². The Bertz CT molecular complexity index is 432. The molecule has 0 spiro atoms. The summed E-state index contributed by atoms with van der Waals surface area (Å²) >= 11 is 0. The molecule has 0 atom stereocenters. The van der Waals surface area contributed by atoms with E-state index in [2.05, 4.69) is 15.1 Å². The maximum Gasteiger partial charge on any atom is 0.133 e. The summed E-state index contributed by atoms with van der Waals surface area (Å²) in [7, 11) is 0. The standard InChI is InChI=1S/C10H14N4O/c1-7-8(6-15-14-7)9-5-12-10(13-9)3-2-4-11/h5-6H,2-4,11H2,1H3,(H,12,13). The van der Waals surface area contributed by atoms with Gasteiger partial charge in [0.05, 0.1) is 23.1 Å². The van der Waals surface area contributed by atoms with Gasteiger partial charge in [-0.05, 0) is 19.9 Å². The Kier molecular flexibility index (Phi) is 2.82. The number of aromatic amines is 1. The van der Waals surface area contributed by atoms with Crippen LogP contribution in [0, 0.1) is 6.92 Å². The molecule has 2 heterocycles. The normalized spacial score (nSPS) is 10.8. The first-order valence-corrected chi connectivity index (χ1v) is 4.96. The van der Waals surface area contributed by atoms with Crippen LogP contribution in [0.2, 0.25) is 0 Å². The Balaban J connectivity index is 2.17. The van der Waals surface area contributed by atoms with E-state index < -0.39 is 0 Å². The summed E-state index contributed by atoms with van der Waals surface area (Å²) in [5.41, 5.74) is 8.20. The smallest absolute Gasteiger partial charge is 0.133 e. The van der Waals surface area contributed by atoms with Crippen molar-refractivity contribution in [3.8, 4) is 11.3 Å². The first-order valence-electron chi connectivity index (χ1n) is 4.96. The summed E-state index contributed by atoms with van der Waals surface area (Å²) in [5, 5.41) is 3.82. The van der Waals surface area contributed by atoms with Crippen LogP contribution in [0.3, 0.4) is 0 Å². The van der Waals surface area contributed by atoms with Gasteiger partial charge in [0.15, 0.2) is 0 Å². The van der Waals surface area contributed by atoms with E-state index in [0.717, 1.165) is 35.6 Å². The lowest BCUT2D eigenvalue weighted by molar-refractivity contribution is 0.415. The molecule has 3 N–H and O–H groups in total. The molecule has 15 heavy (non-hydrogen) atoms. The second kappa shape index (κ2) is 4.27. The van der Waals surface area contributed by atoms with E-state index in [1.165, 1.54) is 0 Å². The zero-order chi connectivity index (χ0) is 10.7. The highest BCUT2D eigenvalue weighted by Crippen LogP contribution is 2.20. The highest BCUT2D eigenvalue weighted by Gasteiger charge is 2.08. The molecule has 80 valence electrons. The van der Waals surface area contributed by atoms with Crippen LogP contribution in [0.4, 0.5) is 0 Å². The zero-order valence-corrected chi connectivity index (χ0v) is 8.66. The van der Waals surface area contributed by atoms with Gasteiger partial charge in [0.1, 0.15) is 12.1 Å². The van der Waals surface area contributed by atoms with Crippen molar-refractivity contribution in [2.45, 2.75) is 19.8 Å². The minimum absolute atomic E-state index is 0.683. The first kappa shape index (κ1) is 9.92. The molecule has 0 fully saturated rings. The van der Waals surface area contributed by atoms with Gasteiger partial charge in [-0.2, -0.15) is 0 Å². The Morgan fingerprint density at radius 1 is 1.53 bits per heavy atom. The maximum absolute atomic E-state index is 5.44. The molecule has 0 aliphatic heterocycles. The summed E-state index contributed by atoms with van der Waals surface area (Å²) < 4.78 is 4.87. The van der Waals surface area contributed by atoms with E-state index in [4.69, 9.17) is 10.3 Å². The summed E-state index contributed by atoms with van der Waals surface area (Å²) in [6.07, 6.45) is 5.23. The van der Waals surface area contributed by atoms with Crippen molar-refractivity contribution < 1.29 is 4.52 Å². The van der Waals surface area contributed by atoms with Gasteiger partial charge in [0.25, 0.3) is 0 Å². The number of hydrogen-bond acceptors (Lipinski definition) is 4. The summed E-state index contributed by atoms with van der Waals surface area (Å²) in [5.74, 6) is 0.955. The zero-order valence-electron chi connectivity index (χ0n) is 8.66. The van der Waals surface area contributed by atoms with Crippen LogP contribution < -0.4 is 5.73 Å². The third-order valence-electron chi connectivity index (χ3n) is 2.29. The Hall–Kier alpha value is -1.62. The van der Waals surface area contributed by atoms with E-state index >= 15 is 0 Å². The van der Waals surface area contributed by atoms with Crippen molar-refractivity contribution >= 4 is 0 Å². The molecule has 0 saturated heterocycles. The van der Waals surface area contributed by atoms with Gasteiger partial charge in [0, 0.05) is 6.42 Å². The predicted octanol–water partition coefficient (Wildman–Crippen LogP) is 1.26. The van der Waals surface area contributed by atoms with Crippen LogP contribution in [0.1, 0.15) is 17.9 Å². The van der Waals surface area contributed by atoms with Crippen LogP contribution >= 0.6 is 0 Å². The second-order valence-electron chi connectivity index (χ2n) is 3.45. The van der Waals surface area contributed by atoms with Crippen molar-refractivity contribution in [2.24, 2.45) is 5.73 Å². The maximum atomic E-state index is 5.44. The molecule has 2 aromatic heterocycles. The number of nitrogens with two attached hydrogens (primary N) is 1. The summed E-state index contributed by atoms with van der Waals surface area (Å²) in [6.45, 7) is 2.58. The topological polar surface area (TPSA) is 80.7 Å². The number of H-pyrrole nitrogens is 1. The van der Waals surface area contributed by atoms with Crippen molar-refractivity contribution in [2.75, 3.05) is 6.54 Å². The van der Waals surface area contributed by atoms with Crippen LogP contribution in [0.5, 0.6) is 0 Å². The second-order valence-corrected chi connectivity index (χ2v) is 3.45. The van der Waals surface area contributed by atoms with Gasteiger partial charge in [-0.15, -0.1) is 0 Å². The summed E-state index contributed by atoms with van der Waals surface area (Å²) in [4.78, 5) is 7.49. The molecule has 0 bridgehead atoms. The largest absolute Gasteiger partial charge is 0.364 e. The lowest BCUT2D eigenvalue weighted by atomic mass is 10.2. The van der Waals surface area contributed by atoms with E-state index in [9.17, 15) is 0 Å². The van der Waals surface area contributed by atoms with Crippen molar-refractivity contribution in [1.82, 2.24) is 15.1 Å². The molecule has 5 nitrogen and oxygen atoms in total. The average Bonchev–Trinajstić information content (AvgIpc) is 2.83. The third-order valence-corrected chi connectivity index (χ3v) is 2.29. The SMILES string of the molecule is Cc1nocc1-c1cnc(CCCN)[nH]1. The van der Waals surface area contributed by atoms with Crippen LogP contribution in [0.25, 0.3) is 11.3 Å². The van der Waals surface area contributed by atoms with Crippen LogP contribution in [-0.2, 0) is 6.42 Å². The number of rotatable bonds is 4. The van der Waals surface area contributed by atoms with Crippen molar-refractivity contribution in [3.63, 3.8) is 0 Å². The highest BCUT2D eigenvalue weighted by molar-refractivity contribution is 5.59. The van der Waals surface area contributed by atoms with Gasteiger partial charge in [0.2, 0.25) is 0 Å². The first-order chi connectivity index (χ1) is 7.31. The number of nitrogens with one attached hydrogen (secondary N) is 1. The molecule has 2 rings (SSSR count). The van der Waals surface area contributed by atoms with E-state index in [0.29, 0.717) is 6.54 Å². The van der Waals surface area contributed by atoms with E-state index in [1.54, 1.807) is 12.5 Å². The molecular formula is C10H14N4O. The Morgan fingerprint density at radius 3 is 3.07 bits per heavy atom. The molecule has 0 amide bonds. The minimum Gasteiger partial charge on any atom is -0.364 e. The number of aryl methyl sites for hydroxylation is 2. The molecule has 5 heteroatoms. The Morgan fingerprint density at radius 2 is 2.40 bits per heavy atom. The van der Waals surface area contributed by atoms with Gasteiger partial charge >= 0.3 is 0 Å². The lowest BCUT2D eigenvalue weighted by Gasteiger charge is -1.93. The molecule has 2 aromatic rings. The molecule has 0 aliphatic rings. The minimum atomic E-state index is 0.683. The Labute approximate surface area is 87.7 Å². The van der Waals surface area contributed by atoms with E-state index in [-0.39, 0.29) is 0 Å². The average molecular weight is 206 g/mol. The molecule has 0 aromatic carbocycles.